The lowest BCUT2D eigenvalue weighted by molar-refractivity contribution is 0.112. The molecule has 2 aromatic rings. The van der Waals surface area contributed by atoms with Gasteiger partial charge in [0.2, 0.25) is 0 Å². The van der Waals surface area contributed by atoms with Crippen molar-refractivity contribution in [2.45, 2.75) is 18.8 Å². The van der Waals surface area contributed by atoms with Gasteiger partial charge in [-0.05, 0) is 48.6 Å². The molecule has 0 unspecified atom stereocenters. The average Bonchev–Trinajstić information content (AvgIpc) is 3.23. The summed E-state index contributed by atoms with van der Waals surface area (Å²) in [6, 6.07) is 9.44. The summed E-state index contributed by atoms with van der Waals surface area (Å²) in [5, 5.41) is 3.89. The third-order valence-corrected chi connectivity index (χ3v) is 3.44. The number of anilines is 2. The smallest absolute Gasteiger partial charge is 0.151 e. The minimum absolute atomic E-state index is 0.517. The Labute approximate surface area is 116 Å². The number of aldehydes is 1. The van der Waals surface area contributed by atoms with Gasteiger partial charge in [0.05, 0.1) is 0 Å². The van der Waals surface area contributed by atoms with Gasteiger partial charge in [0.15, 0.2) is 6.29 Å². The van der Waals surface area contributed by atoms with E-state index in [0.717, 1.165) is 36.2 Å². The molecule has 0 radical (unpaired) electrons. The average molecular weight is 273 g/mol. The lowest BCUT2D eigenvalue weighted by Gasteiger charge is -2.09. The molecular formula is C15H13ClN2O. The third kappa shape index (κ3) is 2.76. The summed E-state index contributed by atoms with van der Waals surface area (Å²) in [7, 11) is 0. The van der Waals surface area contributed by atoms with Gasteiger partial charge < -0.3 is 5.32 Å². The first-order chi connectivity index (χ1) is 9.26. The number of carbonyl (C=O) groups is 1. The van der Waals surface area contributed by atoms with Gasteiger partial charge in [-0.15, -0.1) is 0 Å². The second kappa shape index (κ2) is 5.02. The van der Waals surface area contributed by atoms with Crippen molar-refractivity contribution >= 4 is 29.4 Å². The first-order valence-electron chi connectivity index (χ1n) is 6.24. The van der Waals surface area contributed by atoms with E-state index in [2.05, 4.69) is 10.3 Å². The number of nitrogens with one attached hydrogen (secondary N) is 1. The van der Waals surface area contributed by atoms with Gasteiger partial charge in [0, 0.05) is 22.5 Å². The summed E-state index contributed by atoms with van der Waals surface area (Å²) in [5.74, 6) is 1.26. The Morgan fingerprint density at radius 1 is 1.32 bits per heavy atom. The fraction of sp³-hybridized carbons (Fsp3) is 0.200. The highest BCUT2D eigenvalue weighted by Gasteiger charge is 2.26. The maximum absolute atomic E-state index is 11.0. The molecule has 1 aromatic carbocycles. The topological polar surface area (TPSA) is 42.0 Å². The second-order valence-corrected chi connectivity index (χ2v) is 5.16. The fourth-order valence-electron chi connectivity index (χ4n) is 2.11. The second-order valence-electron chi connectivity index (χ2n) is 4.73. The highest BCUT2D eigenvalue weighted by atomic mass is 35.5. The molecule has 1 saturated carbocycles. The van der Waals surface area contributed by atoms with Crippen molar-refractivity contribution in [1.82, 2.24) is 4.98 Å². The Morgan fingerprint density at radius 2 is 2.16 bits per heavy atom. The molecule has 1 heterocycles. The lowest BCUT2D eigenvalue weighted by Crippen LogP contribution is -1.98. The van der Waals surface area contributed by atoms with Crippen molar-refractivity contribution in [3.63, 3.8) is 0 Å². The zero-order valence-electron chi connectivity index (χ0n) is 10.3. The molecule has 1 fully saturated rings. The van der Waals surface area contributed by atoms with Crippen LogP contribution in [0.15, 0.2) is 36.5 Å². The molecule has 3 rings (SSSR count). The molecule has 96 valence electrons. The van der Waals surface area contributed by atoms with E-state index in [9.17, 15) is 4.79 Å². The molecule has 4 heteroatoms. The minimum Gasteiger partial charge on any atom is -0.340 e. The van der Waals surface area contributed by atoms with Crippen LogP contribution in [0.1, 0.15) is 34.7 Å². The van der Waals surface area contributed by atoms with Crippen LogP contribution >= 0.6 is 11.6 Å². The number of nitrogens with zero attached hydrogens (tertiary/aromatic N) is 1. The zero-order valence-corrected chi connectivity index (χ0v) is 11.0. The third-order valence-electron chi connectivity index (χ3n) is 3.21. The largest absolute Gasteiger partial charge is 0.340 e. The Hall–Kier alpha value is -1.87. The van der Waals surface area contributed by atoms with Crippen LogP contribution in [0.2, 0.25) is 5.02 Å². The van der Waals surface area contributed by atoms with E-state index in [0.29, 0.717) is 16.5 Å². The number of hydrogen-bond donors (Lipinski definition) is 1. The summed E-state index contributed by atoms with van der Waals surface area (Å²) >= 11 is 5.94. The predicted molar refractivity (Wildman–Crippen MR) is 76.3 cm³/mol. The van der Waals surface area contributed by atoms with Gasteiger partial charge in [0.25, 0.3) is 0 Å². The van der Waals surface area contributed by atoms with E-state index in [4.69, 9.17) is 11.6 Å². The number of rotatable bonds is 4. The molecule has 0 atom stereocenters. The monoisotopic (exact) mass is 272 g/mol. The van der Waals surface area contributed by atoms with Crippen LogP contribution in [-0.2, 0) is 0 Å². The molecule has 1 aliphatic carbocycles. The van der Waals surface area contributed by atoms with Crippen molar-refractivity contribution in [3.05, 3.63) is 52.7 Å². The Morgan fingerprint density at radius 3 is 2.84 bits per heavy atom. The molecule has 0 amide bonds. The standard InChI is InChI=1S/C15H13ClN2O/c16-12-2-1-3-13(6-12)18-15-7-14(10-4-5-10)11(9-19)8-17-15/h1-3,6-10H,4-5H2,(H,17,18). The maximum Gasteiger partial charge on any atom is 0.151 e. The molecular weight excluding hydrogens is 260 g/mol. The quantitative estimate of drug-likeness (QED) is 0.850. The number of hydrogen-bond acceptors (Lipinski definition) is 3. The van der Waals surface area contributed by atoms with Crippen LogP contribution < -0.4 is 5.32 Å². The van der Waals surface area contributed by atoms with Crippen LogP contribution in [0.5, 0.6) is 0 Å². The highest BCUT2D eigenvalue weighted by molar-refractivity contribution is 6.30. The first kappa shape index (κ1) is 12.2. The van der Waals surface area contributed by atoms with Gasteiger partial charge in [-0.2, -0.15) is 0 Å². The molecule has 1 aromatic heterocycles. The summed E-state index contributed by atoms with van der Waals surface area (Å²) < 4.78 is 0. The van der Waals surface area contributed by atoms with Crippen LogP contribution in [0.4, 0.5) is 11.5 Å². The summed E-state index contributed by atoms with van der Waals surface area (Å²) in [6.45, 7) is 0. The van der Waals surface area contributed by atoms with Crippen molar-refractivity contribution in [1.29, 1.82) is 0 Å². The van der Waals surface area contributed by atoms with Crippen LogP contribution in [0.3, 0.4) is 0 Å². The van der Waals surface area contributed by atoms with Gasteiger partial charge in [0.1, 0.15) is 5.82 Å². The number of halogens is 1. The van der Waals surface area contributed by atoms with Crippen molar-refractivity contribution in [2.75, 3.05) is 5.32 Å². The van der Waals surface area contributed by atoms with Gasteiger partial charge in [-0.1, -0.05) is 17.7 Å². The molecule has 0 saturated heterocycles. The maximum atomic E-state index is 11.0. The number of pyridine rings is 1. The molecule has 0 aliphatic heterocycles. The predicted octanol–water partition coefficient (Wildman–Crippen LogP) is 4.17. The fourth-order valence-corrected chi connectivity index (χ4v) is 2.30. The Balaban J connectivity index is 1.89. The molecule has 1 N–H and O–H groups in total. The van der Waals surface area contributed by atoms with E-state index in [1.807, 2.05) is 30.3 Å². The number of carbonyl (C=O) groups excluding carboxylic acids is 1. The van der Waals surface area contributed by atoms with E-state index < -0.39 is 0 Å². The Kier molecular flexibility index (Phi) is 3.22. The Bertz CT molecular complexity index is 623. The molecule has 0 bridgehead atoms. The van der Waals surface area contributed by atoms with Crippen molar-refractivity contribution in [3.8, 4) is 0 Å². The molecule has 0 spiro atoms. The van der Waals surface area contributed by atoms with E-state index in [1.165, 1.54) is 0 Å². The van der Waals surface area contributed by atoms with Gasteiger partial charge >= 0.3 is 0 Å². The number of aromatic nitrogens is 1. The first-order valence-corrected chi connectivity index (χ1v) is 6.62. The van der Waals surface area contributed by atoms with Crippen LogP contribution in [0, 0.1) is 0 Å². The van der Waals surface area contributed by atoms with E-state index >= 15 is 0 Å². The van der Waals surface area contributed by atoms with Gasteiger partial charge in [-0.3, -0.25) is 4.79 Å². The minimum atomic E-state index is 0.517. The normalized spacial score (nSPS) is 14.2. The highest BCUT2D eigenvalue weighted by Crippen LogP contribution is 2.42. The lowest BCUT2D eigenvalue weighted by atomic mass is 10.1. The molecule has 1 aliphatic rings. The van der Waals surface area contributed by atoms with E-state index in [-0.39, 0.29) is 0 Å². The van der Waals surface area contributed by atoms with Crippen molar-refractivity contribution in [2.24, 2.45) is 0 Å². The summed E-state index contributed by atoms with van der Waals surface area (Å²) in [5.41, 5.74) is 2.68. The summed E-state index contributed by atoms with van der Waals surface area (Å²) in [4.78, 5) is 15.3. The number of benzene rings is 1. The van der Waals surface area contributed by atoms with Crippen molar-refractivity contribution < 1.29 is 4.79 Å². The van der Waals surface area contributed by atoms with Crippen LogP contribution in [0.25, 0.3) is 0 Å². The summed E-state index contributed by atoms with van der Waals surface area (Å²) in [6.07, 6.45) is 4.82. The SMILES string of the molecule is O=Cc1cnc(Nc2cccc(Cl)c2)cc1C1CC1. The van der Waals surface area contributed by atoms with E-state index in [1.54, 1.807) is 6.20 Å². The van der Waals surface area contributed by atoms with Crippen LogP contribution in [-0.4, -0.2) is 11.3 Å². The molecule has 19 heavy (non-hydrogen) atoms. The molecule has 3 nitrogen and oxygen atoms in total. The van der Waals surface area contributed by atoms with Gasteiger partial charge in [-0.25, -0.2) is 4.98 Å². The zero-order chi connectivity index (χ0) is 13.2.